The summed E-state index contributed by atoms with van der Waals surface area (Å²) in [7, 11) is 1.71. The van der Waals surface area contributed by atoms with Crippen LogP contribution < -0.4 is 5.32 Å². The highest BCUT2D eigenvalue weighted by Gasteiger charge is 2.31. The van der Waals surface area contributed by atoms with E-state index in [0.717, 1.165) is 13.0 Å². The highest BCUT2D eigenvalue weighted by Crippen LogP contribution is 2.27. The maximum Gasteiger partial charge on any atom is 0.322 e. The summed E-state index contributed by atoms with van der Waals surface area (Å²) < 4.78 is 0. The molecule has 1 aliphatic carbocycles. The molecule has 2 N–H and O–H groups in total. The van der Waals surface area contributed by atoms with Crippen LogP contribution in [0.1, 0.15) is 32.6 Å². The smallest absolute Gasteiger partial charge is 0.322 e. The molecule has 0 heterocycles. The number of nitrogens with one attached hydrogen (secondary N) is 1. The number of carboxylic acid groups (broad SMARTS) is 1. The monoisotopic (exact) mass is 214 g/mol. The molecular formula is C11H22N2O2. The molecule has 0 bridgehead atoms. The van der Waals surface area contributed by atoms with Crippen LogP contribution in [-0.4, -0.2) is 48.2 Å². The van der Waals surface area contributed by atoms with Crippen LogP contribution in [0.15, 0.2) is 0 Å². The van der Waals surface area contributed by atoms with Crippen LogP contribution in [0.3, 0.4) is 0 Å². The molecule has 1 saturated carbocycles. The van der Waals surface area contributed by atoms with Gasteiger partial charge >= 0.3 is 5.97 Å². The van der Waals surface area contributed by atoms with Crippen molar-refractivity contribution in [2.75, 3.05) is 20.1 Å². The Morgan fingerprint density at radius 1 is 1.60 bits per heavy atom. The number of aliphatic carboxylic acids is 1. The van der Waals surface area contributed by atoms with Crippen molar-refractivity contribution in [2.24, 2.45) is 0 Å². The van der Waals surface area contributed by atoms with Gasteiger partial charge in [-0.05, 0) is 32.9 Å². The van der Waals surface area contributed by atoms with Crippen LogP contribution in [0, 0.1) is 0 Å². The first-order valence-electron chi connectivity index (χ1n) is 5.83. The molecular weight excluding hydrogens is 192 g/mol. The van der Waals surface area contributed by atoms with E-state index in [1.807, 2.05) is 0 Å². The molecule has 0 aromatic heterocycles. The molecule has 15 heavy (non-hydrogen) atoms. The van der Waals surface area contributed by atoms with Crippen molar-refractivity contribution >= 4 is 5.97 Å². The van der Waals surface area contributed by atoms with E-state index in [1.54, 1.807) is 7.05 Å². The first kappa shape index (κ1) is 12.5. The Morgan fingerprint density at radius 3 is 2.67 bits per heavy atom. The summed E-state index contributed by atoms with van der Waals surface area (Å²) in [6, 6.07) is 0.217. The lowest BCUT2D eigenvalue weighted by Gasteiger charge is -2.25. The van der Waals surface area contributed by atoms with E-state index >= 15 is 0 Å². The summed E-state index contributed by atoms with van der Waals surface area (Å²) in [5.74, 6) is -0.750. The number of nitrogens with zero attached hydrogens (tertiary/aromatic N) is 1. The molecule has 4 heteroatoms. The van der Waals surface area contributed by atoms with Gasteiger partial charge in [-0.15, -0.1) is 0 Å². The standard InChI is InChI=1S/C11H22N2O2/c1-3-4-7-13(9-5-6-9)8-10(12-2)11(14)15/h9-10,12H,3-8H2,1-2H3,(H,14,15). The van der Waals surface area contributed by atoms with Gasteiger partial charge in [0.05, 0.1) is 0 Å². The van der Waals surface area contributed by atoms with E-state index < -0.39 is 12.0 Å². The van der Waals surface area contributed by atoms with E-state index in [9.17, 15) is 4.79 Å². The minimum Gasteiger partial charge on any atom is -0.480 e. The first-order valence-corrected chi connectivity index (χ1v) is 5.83. The summed E-state index contributed by atoms with van der Waals surface area (Å²) in [4.78, 5) is 13.2. The number of unbranched alkanes of at least 4 members (excludes halogenated alkanes) is 1. The Hall–Kier alpha value is -0.610. The lowest BCUT2D eigenvalue weighted by molar-refractivity contribution is -0.139. The predicted molar refractivity (Wildman–Crippen MR) is 60.0 cm³/mol. The molecule has 1 fully saturated rings. The molecule has 0 aromatic rings. The Labute approximate surface area is 91.6 Å². The van der Waals surface area contributed by atoms with E-state index in [2.05, 4.69) is 17.1 Å². The van der Waals surface area contributed by atoms with Crippen molar-refractivity contribution in [1.82, 2.24) is 10.2 Å². The highest BCUT2D eigenvalue weighted by molar-refractivity contribution is 5.73. The average molecular weight is 214 g/mol. The van der Waals surface area contributed by atoms with Crippen LogP contribution in [0.4, 0.5) is 0 Å². The van der Waals surface area contributed by atoms with Gasteiger partial charge in [-0.2, -0.15) is 0 Å². The van der Waals surface area contributed by atoms with Crippen LogP contribution in [0.5, 0.6) is 0 Å². The second-order valence-electron chi connectivity index (χ2n) is 4.26. The largest absolute Gasteiger partial charge is 0.480 e. The third-order valence-electron chi connectivity index (χ3n) is 2.93. The number of rotatable bonds is 8. The van der Waals surface area contributed by atoms with Crippen molar-refractivity contribution in [3.8, 4) is 0 Å². The second-order valence-corrected chi connectivity index (χ2v) is 4.26. The van der Waals surface area contributed by atoms with Crippen molar-refractivity contribution in [3.05, 3.63) is 0 Å². The van der Waals surface area contributed by atoms with Gasteiger partial charge in [0.25, 0.3) is 0 Å². The fourth-order valence-corrected chi connectivity index (χ4v) is 1.75. The summed E-state index contributed by atoms with van der Waals surface area (Å²) >= 11 is 0. The number of likely N-dealkylation sites (N-methyl/N-ethyl adjacent to an activating group) is 1. The molecule has 88 valence electrons. The maximum absolute atomic E-state index is 10.9. The van der Waals surface area contributed by atoms with E-state index in [4.69, 9.17) is 5.11 Å². The normalized spacial score (nSPS) is 18.1. The molecule has 0 radical (unpaired) electrons. The topological polar surface area (TPSA) is 52.6 Å². The summed E-state index contributed by atoms with van der Waals surface area (Å²) in [6.07, 6.45) is 4.80. The van der Waals surface area contributed by atoms with Crippen molar-refractivity contribution in [3.63, 3.8) is 0 Å². The lowest BCUT2D eigenvalue weighted by Crippen LogP contribution is -2.45. The minimum absolute atomic E-state index is 0.428. The molecule has 0 aromatic carbocycles. The van der Waals surface area contributed by atoms with Gasteiger partial charge in [-0.3, -0.25) is 9.69 Å². The molecule has 1 unspecified atom stereocenters. The Balaban J connectivity index is 2.38. The van der Waals surface area contributed by atoms with Crippen LogP contribution in [0.2, 0.25) is 0 Å². The molecule has 0 aliphatic heterocycles. The molecule has 1 rings (SSSR count). The van der Waals surface area contributed by atoms with Gasteiger partial charge in [-0.1, -0.05) is 13.3 Å². The first-order chi connectivity index (χ1) is 7.19. The molecule has 0 spiro atoms. The number of carboxylic acids is 1. The van der Waals surface area contributed by atoms with Crippen molar-refractivity contribution in [2.45, 2.75) is 44.7 Å². The van der Waals surface area contributed by atoms with E-state index in [0.29, 0.717) is 12.6 Å². The number of hydrogen-bond acceptors (Lipinski definition) is 3. The predicted octanol–water partition coefficient (Wildman–Crippen LogP) is 0.923. The van der Waals surface area contributed by atoms with E-state index in [1.165, 1.54) is 19.3 Å². The summed E-state index contributed by atoms with van der Waals surface area (Å²) in [5.41, 5.74) is 0. The Morgan fingerprint density at radius 2 is 2.27 bits per heavy atom. The molecule has 1 aliphatic rings. The molecule has 0 saturated heterocycles. The molecule has 0 amide bonds. The second kappa shape index (κ2) is 6.08. The lowest BCUT2D eigenvalue weighted by atomic mass is 10.2. The fourth-order valence-electron chi connectivity index (χ4n) is 1.75. The van der Waals surface area contributed by atoms with E-state index in [-0.39, 0.29) is 0 Å². The highest BCUT2D eigenvalue weighted by atomic mass is 16.4. The van der Waals surface area contributed by atoms with Gasteiger partial charge < -0.3 is 10.4 Å². The Kier molecular flexibility index (Phi) is 5.05. The average Bonchev–Trinajstić information content (AvgIpc) is 3.01. The van der Waals surface area contributed by atoms with Crippen molar-refractivity contribution < 1.29 is 9.90 Å². The number of hydrogen-bond donors (Lipinski definition) is 2. The zero-order valence-corrected chi connectivity index (χ0v) is 9.70. The van der Waals surface area contributed by atoms with Crippen LogP contribution in [-0.2, 0) is 4.79 Å². The van der Waals surface area contributed by atoms with Gasteiger partial charge in [-0.25, -0.2) is 0 Å². The van der Waals surface area contributed by atoms with Gasteiger partial charge in [0, 0.05) is 12.6 Å². The Bertz CT molecular complexity index is 205. The quantitative estimate of drug-likeness (QED) is 0.631. The third-order valence-corrected chi connectivity index (χ3v) is 2.93. The maximum atomic E-state index is 10.9. The fraction of sp³-hybridized carbons (Fsp3) is 0.909. The van der Waals surface area contributed by atoms with Gasteiger partial charge in [0.2, 0.25) is 0 Å². The van der Waals surface area contributed by atoms with Gasteiger partial charge in [0.15, 0.2) is 0 Å². The minimum atomic E-state index is -0.750. The van der Waals surface area contributed by atoms with Crippen molar-refractivity contribution in [1.29, 1.82) is 0 Å². The number of carbonyl (C=O) groups is 1. The van der Waals surface area contributed by atoms with Crippen LogP contribution >= 0.6 is 0 Å². The van der Waals surface area contributed by atoms with Crippen LogP contribution in [0.25, 0.3) is 0 Å². The molecule has 1 atom stereocenters. The zero-order chi connectivity index (χ0) is 11.3. The zero-order valence-electron chi connectivity index (χ0n) is 9.70. The summed E-state index contributed by atoms with van der Waals surface area (Å²) in [5, 5.41) is 11.8. The summed E-state index contributed by atoms with van der Waals surface area (Å²) in [6.45, 7) is 3.83. The van der Waals surface area contributed by atoms with Gasteiger partial charge in [0.1, 0.15) is 6.04 Å². The third kappa shape index (κ3) is 4.18. The molecule has 4 nitrogen and oxygen atoms in total. The SMILES string of the molecule is CCCCN(CC(NC)C(=O)O)C1CC1.